The van der Waals surface area contributed by atoms with E-state index < -0.39 is 53.3 Å². The monoisotopic (exact) mass is 361 g/mol. The van der Waals surface area contributed by atoms with E-state index in [-0.39, 0.29) is 0 Å². The molecule has 0 heterocycles. The summed E-state index contributed by atoms with van der Waals surface area (Å²) in [7, 11) is -3.85. The van der Waals surface area contributed by atoms with E-state index >= 15 is 0 Å². The van der Waals surface area contributed by atoms with E-state index in [1.807, 2.05) is 0 Å². The molecule has 0 amide bonds. The molecule has 0 aromatic carbocycles. The third kappa shape index (κ3) is 8.86. The van der Waals surface area contributed by atoms with Gasteiger partial charge in [0, 0.05) is 18.2 Å². The minimum absolute atomic E-state index is 0.584. The Hall–Kier alpha value is -2.46. The van der Waals surface area contributed by atoms with Gasteiger partial charge in [0.25, 0.3) is 0 Å². The number of hydrogen-bond acceptors (Lipinski definition) is 8. The zero-order chi connectivity index (χ0) is 18.8. The van der Waals surface area contributed by atoms with Gasteiger partial charge in [-0.1, -0.05) is 19.7 Å². The van der Waals surface area contributed by atoms with Crippen molar-refractivity contribution in [1.29, 1.82) is 0 Å². The van der Waals surface area contributed by atoms with Crippen LogP contribution in [0.15, 0.2) is 38.0 Å². The van der Waals surface area contributed by atoms with Crippen LogP contribution in [0.1, 0.15) is 0 Å². The van der Waals surface area contributed by atoms with E-state index in [1.165, 1.54) is 0 Å². The van der Waals surface area contributed by atoms with Crippen molar-refractivity contribution in [2.45, 2.75) is 5.54 Å². The van der Waals surface area contributed by atoms with Gasteiger partial charge < -0.3 is 14.2 Å². The van der Waals surface area contributed by atoms with Gasteiger partial charge in [-0.2, -0.15) is 4.72 Å². The number of hydrogen-bond donors (Lipinski definition) is 1. The molecule has 0 bridgehead atoms. The van der Waals surface area contributed by atoms with Crippen LogP contribution < -0.4 is 4.72 Å². The largest absolute Gasteiger partial charge is 0.460 e. The van der Waals surface area contributed by atoms with Crippen LogP contribution in [0.4, 0.5) is 0 Å². The SMILES string of the molecule is C=CC(=O)OCC(COC(=O)C=C)(COC(=O)C=C)NS(C)(=O)=O. The fraction of sp³-hybridized carbons (Fsp3) is 0.357. The fourth-order valence-electron chi connectivity index (χ4n) is 1.41. The van der Waals surface area contributed by atoms with Gasteiger partial charge in [0.15, 0.2) is 0 Å². The summed E-state index contributed by atoms with van der Waals surface area (Å²) in [5, 5.41) is 0. The summed E-state index contributed by atoms with van der Waals surface area (Å²) in [4.78, 5) is 33.7. The maximum atomic E-state index is 11.6. The summed E-state index contributed by atoms with van der Waals surface area (Å²) in [5.41, 5.74) is -1.73. The summed E-state index contributed by atoms with van der Waals surface area (Å²) in [6.45, 7) is 7.85. The van der Waals surface area contributed by atoms with E-state index in [2.05, 4.69) is 24.5 Å². The molecule has 0 saturated heterocycles. The maximum Gasteiger partial charge on any atom is 0.330 e. The number of rotatable bonds is 11. The quantitative estimate of drug-likeness (QED) is 0.295. The van der Waals surface area contributed by atoms with Crippen LogP contribution in [0.2, 0.25) is 0 Å². The molecule has 0 rings (SSSR count). The maximum absolute atomic E-state index is 11.6. The molecule has 0 aromatic heterocycles. The first-order valence-corrected chi connectivity index (χ1v) is 8.33. The minimum atomic E-state index is -3.85. The molecule has 24 heavy (non-hydrogen) atoms. The molecule has 0 aliphatic heterocycles. The number of carbonyl (C=O) groups excluding carboxylic acids is 3. The number of esters is 3. The molecule has 0 radical (unpaired) electrons. The molecule has 1 N–H and O–H groups in total. The molecular weight excluding hydrogens is 342 g/mol. The zero-order valence-electron chi connectivity index (χ0n) is 13.1. The Morgan fingerprint density at radius 3 is 1.38 bits per heavy atom. The van der Waals surface area contributed by atoms with E-state index in [1.54, 1.807) is 0 Å². The first kappa shape index (κ1) is 21.5. The highest BCUT2D eigenvalue weighted by Gasteiger charge is 2.38. The highest BCUT2D eigenvalue weighted by atomic mass is 32.2. The first-order chi connectivity index (χ1) is 11.1. The van der Waals surface area contributed by atoms with Gasteiger partial charge in [-0.3, -0.25) is 0 Å². The lowest BCUT2D eigenvalue weighted by Crippen LogP contribution is -2.58. The Morgan fingerprint density at radius 2 is 1.17 bits per heavy atom. The molecule has 0 aromatic rings. The van der Waals surface area contributed by atoms with Crippen LogP contribution in [-0.4, -0.2) is 57.9 Å². The molecule has 0 saturated carbocycles. The highest BCUT2D eigenvalue weighted by Crippen LogP contribution is 2.11. The first-order valence-electron chi connectivity index (χ1n) is 6.44. The summed E-state index contributed by atoms with van der Waals surface area (Å²) in [6, 6.07) is 0. The topological polar surface area (TPSA) is 125 Å². The van der Waals surface area contributed by atoms with Crippen LogP contribution in [0.3, 0.4) is 0 Å². The van der Waals surface area contributed by atoms with Crippen LogP contribution in [0.25, 0.3) is 0 Å². The normalized spacial score (nSPS) is 11.0. The molecule has 134 valence electrons. The predicted octanol–water partition coefficient (Wildman–Crippen LogP) is -0.538. The van der Waals surface area contributed by atoms with Crippen molar-refractivity contribution in [3.05, 3.63) is 38.0 Å². The predicted molar refractivity (Wildman–Crippen MR) is 84.2 cm³/mol. The number of nitrogens with one attached hydrogen (secondary N) is 1. The van der Waals surface area contributed by atoms with Crippen LogP contribution in [-0.2, 0) is 38.6 Å². The van der Waals surface area contributed by atoms with Gasteiger partial charge >= 0.3 is 17.9 Å². The lowest BCUT2D eigenvalue weighted by molar-refractivity contribution is -0.149. The van der Waals surface area contributed by atoms with Crippen molar-refractivity contribution in [3.63, 3.8) is 0 Å². The Balaban J connectivity index is 5.49. The van der Waals surface area contributed by atoms with E-state index in [0.29, 0.717) is 0 Å². The van der Waals surface area contributed by atoms with Crippen molar-refractivity contribution < 1.29 is 37.0 Å². The molecule has 0 aliphatic carbocycles. The third-order valence-electron chi connectivity index (χ3n) is 2.37. The average Bonchev–Trinajstić information content (AvgIpc) is 2.53. The summed E-state index contributed by atoms with van der Waals surface area (Å²) in [6.07, 6.45) is 3.41. The van der Waals surface area contributed by atoms with E-state index in [9.17, 15) is 22.8 Å². The van der Waals surface area contributed by atoms with Gasteiger partial charge in [0.2, 0.25) is 10.0 Å². The number of carbonyl (C=O) groups is 3. The molecular formula is C14H19NO8S. The zero-order valence-corrected chi connectivity index (χ0v) is 14.0. The lowest BCUT2D eigenvalue weighted by Gasteiger charge is -2.31. The van der Waals surface area contributed by atoms with E-state index in [4.69, 9.17) is 14.2 Å². The molecule has 9 nitrogen and oxygen atoms in total. The van der Waals surface area contributed by atoms with Crippen LogP contribution in [0.5, 0.6) is 0 Å². The van der Waals surface area contributed by atoms with Gasteiger partial charge in [0.05, 0.1) is 6.26 Å². The van der Waals surface area contributed by atoms with Gasteiger partial charge in [-0.15, -0.1) is 0 Å². The van der Waals surface area contributed by atoms with E-state index in [0.717, 1.165) is 24.5 Å². The minimum Gasteiger partial charge on any atom is -0.460 e. The molecule has 0 unspecified atom stereocenters. The summed E-state index contributed by atoms with van der Waals surface area (Å²) < 4.78 is 39.8. The smallest absolute Gasteiger partial charge is 0.330 e. The Labute approximate surface area is 140 Å². The number of sulfonamides is 1. The third-order valence-corrected chi connectivity index (χ3v) is 3.18. The second-order valence-corrected chi connectivity index (χ2v) is 6.34. The second kappa shape index (κ2) is 9.63. The molecule has 0 fully saturated rings. The van der Waals surface area contributed by atoms with Crippen molar-refractivity contribution in [2.75, 3.05) is 26.1 Å². The molecule has 0 atom stereocenters. The molecule has 0 spiro atoms. The fourth-order valence-corrected chi connectivity index (χ4v) is 2.37. The van der Waals surface area contributed by atoms with Gasteiger partial charge in [-0.25, -0.2) is 22.8 Å². The van der Waals surface area contributed by atoms with Crippen molar-refractivity contribution in [3.8, 4) is 0 Å². The Kier molecular flexibility index (Phi) is 8.64. The summed E-state index contributed by atoms with van der Waals surface area (Å²) >= 11 is 0. The summed E-state index contributed by atoms with van der Waals surface area (Å²) in [5.74, 6) is -2.54. The molecule has 10 heteroatoms. The van der Waals surface area contributed by atoms with Crippen molar-refractivity contribution >= 4 is 27.9 Å². The Morgan fingerprint density at radius 1 is 0.875 bits per heavy atom. The average molecular weight is 361 g/mol. The van der Waals surface area contributed by atoms with Gasteiger partial charge in [-0.05, 0) is 0 Å². The van der Waals surface area contributed by atoms with Crippen molar-refractivity contribution in [2.24, 2.45) is 0 Å². The lowest BCUT2D eigenvalue weighted by atomic mass is 10.1. The standard InChI is InChI=1S/C14H19NO8S/c1-5-11(16)21-8-14(15-24(4,19)20,9-22-12(17)6-2)10-23-13(18)7-3/h5-7,15H,1-3,8-10H2,4H3. The van der Waals surface area contributed by atoms with Crippen LogP contribution in [0, 0.1) is 0 Å². The van der Waals surface area contributed by atoms with Crippen LogP contribution >= 0.6 is 0 Å². The highest BCUT2D eigenvalue weighted by molar-refractivity contribution is 7.88. The van der Waals surface area contributed by atoms with Gasteiger partial charge in [0.1, 0.15) is 25.4 Å². The Bertz CT molecular complexity index is 563. The second-order valence-electron chi connectivity index (χ2n) is 4.59. The van der Waals surface area contributed by atoms with Crippen molar-refractivity contribution in [1.82, 2.24) is 4.72 Å². The molecule has 0 aliphatic rings. The number of ether oxygens (including phenoxy) is 3.